The molecule has 0 amide bonds. The second-order valence-corrected chi connectivity index (χ2v) is 8.72. The third kappa shape index (κ3) is 4.13. The molecular formula is C28H30N2O. The molecule has 0 radical (unpaired) electrons. The molecule has 0 bridgehead atoms. The molecule has 0 N–H and O–H groups in total. The van der Waals surface area contributed by atoms with Crippen LogP contribution in [0.4, 0.5) is 0 Å². The maximum atomic E-state index is 6.08. The van der Waals surface area contributed by atoms with E-state index in [1.807, 2.05) is 36.5 Å². The fraction of sp³-hybridized carbons (Fsp3) is 0.250. The Morgan fingerprint density at radius 3 is 2.19 bits per heavy atom. The molecule has 0 spiro atoms. The molecule has 3 aromatic carbocycles. The second kappa shape index (κ2) is 8.43. The predicted octanol–water partition coefficient (Wildman–Crippen LogP) is 7.64. The normalized spacial score (nSPS) is 11.5. The van der Waals surface area contributed by atoms with E-state index < -0.39 is 0 Å². The van der Waals surface area contributed by atoms with Crippen LogP contribution in [0, 0.1) is 13.8 Å². The minimum atomic E-state index is 0.0742. The van der Waals surface area contributed by atoms with Crippen LogP contribution in [0.5, 0.6) is 11.5 Å². The van der Waals surface area contributed by atoms with E-state index in [-0.39, 0.29) is 5.41 Å². The molecule has 4 aromatic rings. The molecule has 0 saturated carbocycles. The van der Waals surface area contributed by atoms with Gasteiger partial charge in [-0.1, -0.05) is 63.2 Å². The second-order valence-electron chi connectivity index (χ2n) is 8.72. The van der Waals surface area contributed by atoms with Crippen LogP contribution in [0.15, 0.2) is 79.1 Å². The van der Waals surface area contributed by atoms with Crippen LogP contribution in [-0.2, 0) is 5.41 Å². The first-order chi connectivity index (χ1) is 14.9. The van der Waals surface area contributed by atoms with Gasteiger partial charge in [-0.15, -0.1) is 0 Å². The number of hydrogen-bond donors (Lipinski definition) is 0. The summed E-state index contributed by atoms with van der Waals surface area (Å²) in [5.41, 5.74) is 6.03. The van der Waals surface area contributed by atoms with Gasteiger partial charge in [-0.3, -0.25) is 4.57 Å². The van der Waals surface area contributed by atoms with Gasteiger partial charge in [0.15, 0.2) is 0 Å². The van der Waals surface area contributed by atoms with Crippen molar-refractivity contribution in [2.45, 2.75) is 46.5 Å². The highest BCUT2D eigenvalue weighted by Crippen LogP contribution is 2.37. The maximum absolute atomic E-state index is 6.08. The number of para-hydroxylation sites is 1. The molecule has 158 valence electrons. The number of imidazole rings is 1. The van der Waals surface area contributed by atoms with Crippen LogP contribution < -0.4 is 4.74 Å². The molecule has 0 aliphatic rings. The van der Waals surface area contributed by atoms with Crippen molar-refractivity contribution in [3.05, 3.63) is 95.8 Å². The summed E-state index contributed by atoms with van der Waals surface area (Å²) in [4.78, 5) is 4.78. The van der Waals surface area contributed by atoms with Crippen LogP contribution >= 0.6 is 0 Å². The molecule has 1 heterocycles. The quantitative estimate of drug-likeness (QED) is 0.327. The first-order valence-corrected chi connectivity index (χ1v) is 10.9. The van der Waals surface area contributed by atoms with Crippen molar-refractivity contribution in [3.63, 3.8) is 0 Å². The molecule has 0 atom stereocenters. The first-order valence-electron chi connectivity index (χ1n) is 10.9. The van der Waals surface area contributed by atoms with Gasteiger partial charge in [-0.2, -0.15) is 0 Å². The third-order valence-electron chi connectivity index (χ3n) is 6.11. The van der Waals surface area contributed by atoms with Gasteiger partial charge in [0, 0.05) is 18.0 Å². The Labute approximate surface area is 185 Å². The Morgan fingerprint density at radius 1 is 0.871 bits per heavy atom. The number of nitrogens with zero attached hydrogens (tertiary/aromatic N) is 2. The van der Waals surface area contributed by atoms with E-state index in [1.165, 1.54) is 11.1 Å². The van der Waals surface area contributed by atoms with Crippen LogP contribution in [0.2, 0.25) is 0 Å². The molecule has 0 aliphatic heterocycles. The molecule has 31 heavy (non-hydrogen) atoms. The standard InChI is InChI=1S/C28H30N2O/c1-6-28(4,5)25-15-11-10-14-24(25)27-29-16-17-30(27)26-20(2)18-23(19-21(26)3)31-22-12-8-7-9-13-22/h7-19H,6H2,1-5H3. The Balaban J connectivity index is 1.78. The van der Waals surface area contributed by atoms with E-state index >= 15 is 0 Å². The fourth-order valence-corrected chi connectivity index (χ4v) is 4.12. The highest BCUT2D eigenvalue weighted by atomic mass is 16.5. The molecule has 0 aliphatic carbocycles. The zero-order chi connectivity index (χ0) is 22.0. The summed E-state index contributed by atoms with van der Waals surface area (Å²) in [7, 11) is 0. The number of rotatable bonds is 6. The van der Waals surface area contributed by atoms with E-state index in [4.69, 9.17) is 9.72 Å². The number of aromatic nitrogens is 2. The van der Waals surface area contributed by atoms with Gasteiger partial charge in [0.05, 0.1) is 5.69 Å². The van der Waals surface area contributed by atoms with Gasteiger partial charge in [0.1, 0.15) is 17.3 Å². The summed E-state index contributed by atoms with van der Waals surface area (Å²) in [6, 6.07) is 22.7. The molecular weight excluding hydrogens is 380 g/mol. The number of aryl methyl sites for hydroxylation is 2. The maximum Gasteiger partial charge on any atom is 0.144 e. The van der Waals surface area contributed by atoms with Gasteiger partial charge < -0.3 is 4.74 Å². The van der Waals surface area contributed by atoms with Crippen LogP contribution in [-0.4, -0.2) is 9.55 Å². The topological polar surface area (TPSA) is 27.1 Å². The van der Waals surface area contributed by atoms with E-state index in [2.05, 4.69) is 81.8 Å². The molecule has 0 unspecified atom stereocenters. The minimum absolute atomic E-state index is 0.0742. The lowest BCUT2D eigenvalue weighted by atomic mass is 9.79. The third-order valence-corrected chi connectivity index (χ3v) is 6.11. The highest BCUT2D eigenvalue weighted by molar-refractivity contribution is 5.66. The molecule has 4 rings (SSSR count). The van der Waals surface area contributed by atoms with Gasteiger partial charge in [0.2, 0.25) is 0 Å². The zero-order valence-corrected chi connectivity index (χ0v) is 19.0. The monoisotopic (exact) mass is 410 g/mol. The Kier molecular flexibility index (Phi) is 5.69. The van der Waals surface area contributed by atoms with E-state index in [0.29, 0.717) is 0 Å². The van der Waals surface area contributed by atoms with Crippen molar-refractivity contribution in [2.75, 3.05) is 0 Å². The summed E-state index contributed by atoms with van der Waals surface area (Å²) in [5, 5.41) is 0. The molecule has 3 nitrogen and oxygen atoms in total. The lowest BCUT2D eigenvalue weighted by molar-refractivity contribution is 0.481. The fourth-order valence-electron chi connectivity index (χ4n) is 4.12. The average Bonchev–Trinajstić information content (AvgIpc) is 3.23. The Morgan fingerprint density at radius 2 is 1.52 bits per heavy atom. The largest absolute Gasteiger partial charge is 0.457 e. The van der Waals surface area contributed by atoms with Crippen molar-refractivity contribution in [2.24, 2.45) is 0 Å². The summed E-state index contributed by atoms with van der Waals surface area (Å²) in [5.74, 6) is 2.66. The molecule has 0 saturated heterocycles. The molecule has 0 fully saturated rings. The lowest BCUT2D eigenvalue weighted by Crippen LogP contribution is -2.17. The van der Waals surface area contributed by atoms with E-state index in [0.717, 1.165) is 40.6 Å². The number of hydrogen-bond acceptors (Lipinski definition) is 2. The highest BCUT2D eigenvalue weighted by Gasteiger charge is 2.24. The van der Waals surface area contributed by atoms with Gasteiger partial charge >= 0.3 is 0 Å². The Hall–Kier alpha value is -3.33. The average molecular weight is 411 g/mol. The van der Waals surface area contributed by atoms with Crippen molar-refractivity contribution < 1.29 is 4.74 Å². The molecule has 1 aromatic heterocycles. The zero-order valence-electron chi connectivity index (χ0n) is 19.0. The Bertz CT molecular complexity index is 1170. The summed E-state index contributed by atoms with van der Waals surface area (Å²) < 4.78 is 8.29. The number of benzene rings is 3. The summed E-state index contributed by atoms with van der Waals surface area (Å²) in [6.07, 6.45) is 5.00. The predicted molar refractivity (Wildman–Crippen MR) is 128 cm³/mol. The van der Waals surface area contributed by atoms with Gasteiger partial charge in [-0.05, 0) is 66.6 Å². The van der Waals surface area contributed by atoms with E-state index in [9.17, 15) is 0 Å². The summed E-state index contributed by atoms with van der Waals surface area (Å²) in [6.45, 7) is 11.1. The van der Waals surface area contributed by atoms with Crippen molar-refractivity contribution >= 4 is 0 Å². The molecule has 3 heteroatoms. The SMILES string of the molecule is CCC(C)(C)c1ccccc1-c1nccn1-c1c(C)cc(Oc2ccccc2)cc1C. The van der Waals surface area contributed by atoms with Crippen molar-refractivity contribution in [1.82, 2.24) is 9.55 Å². The minimum Gasteiger partial charge on any atom is -0.457 e. The van der Waals surface area contributed by atoms with Gasteiger partial charge in [0.25, 0.3) is 0 Å². The van der Waals surface area contributed by atoms with Crippen LogP contribution in [0.25, 0.3) is 17.1 Å². The first kappa shape index (κ1) is 20.9. The van der Waals surface area contributed by atoms with Crippen LogP contribution in [0.1, 0.15) is 43.9 Å². The van der Waals surface area contributed by atoms with Crippen molar-refractivity contribution in [3.8, 4) is 28.6 Å². The smallest absolute Gasteiger partial charge is 0.144 e. The van der Waals surface area contributed by atoms with E-state index in [1.54, 1.807) is 0 Å². The number of ether oxygens (including phenoxy) is 1. The van der Waals surface area contributed by atoms with Gasteiger partial charge in [-0.25, -0.2) is 4.98 Å². The van der Waals surface area contributed by atoms with Crippen LogP contribution in [0.3, 0.4) is 0 Å². The summed E-state index contributed by atoms with van der Waals surface area (Å²) >= 11 is 0. The lowest BCUT2D eigenvalue weighted by Gasteiger charge is -2.26. The van der Waals surface area contributed by atoms with Crippen molar-refractivity contribution in [1.29, 1.82) is 0 Å².